The van der Waals surface area contributed by atoms with Gasteiger partial charge in [0.2, 0.25) is 0 Å². The lowest BCUT2D eigenvalue weighted by Gasteiger charge is -2.40. The highest BCUT2D eigenvalue weighted by molar-refractivity contribution is 7.08. The molecule has 4 aromatic heterocycles. The molecule has 0 bridgehead atoms. The number of amides is 2. The first-order valence-electron chi connectivity index (χ1n) is 27.0. The zero-order valence-corrected chi connectivity index (χ0v) is 47.1. The number of H-pyrrole nitrogens is 2. The third kappa shape index (κ3) is 12.7. The Labute approximate surface area is 448 Å². The number of thiophene rings is 1. The van der Waals surface area contributed by atoms with Crippen LogP contribution in [0.2, 0.25) is 0 Å². The fourth-order valence-corrected chi connectivity index (χ4v) is 12.5. The van der Waals surface area contributed by atoms with Crippen molar-refractivity contribution in [2.24, 2.45) is 0 Å². The van der Waals surface area contributed by atoms with E-state index in [2.05, 4.69) is 147 Å². The Kier molecular flexibility index (Phi) is 17.6. The Balaban J connectivity index is 1.10. The standard InChI is InChI=1S/C61H79N9O4S/c1-12-69(50-17-13-48(14-18-50)66(8)9)56-33-46(31-52(42(56)6)58(71)62-35-54-38(2)29-40(4)64-60(54)73)44-21-24-68(25-22-44)26-27-70(51-19-15-49(16-20-51)67(10)11)57-34-47(45-23-28-75-37-45)32-53(43(57)7)59(72)63-36-55-39(3)30-41(5)65-61(55)74/h21-25,28-34,37,48-51H,12-20,26-27,35-36H2,1-11H3,(H3-,62,63,64,65,71,72,73,74)/p+1. The van der Waals surface area contributed by atoms with E-state index in [0.717, 1.165) is 132 Å². The van der Waals surface area contributed by atoms with Crippen LogP contribution in [0.25, 0.3) is 22.3 Å². The summed E-state index contributed by atoms with van der Waals surface area (Å²) in [5.74, 6) is -0.412. The first-order chi connectivity index (χ1) is 35.9. The maximum Gasteiger partial charge on any atom is 0.253 e. The van der Waals surface area contributed by atoms with E-state index in [1.54, 1.807) is 11.3 Å². The van der Waals surface area contributed by atoms with Gasteiger partial charge in [-0.3, -0.25) is 19.2 Å². The van der Waals surface area contributed by atoms with Crippen molar-refractivity contribution in [2.75, 3.05) is 51.1 Å². The Hall–Kier alpha value is -6.35. The molecule has 0 aliphatic heterocycles. The molecule has 4 N–H and O–H groups in total. The number of rotatable bonds is 18. The molecular weight excluding hydrogens is 955 g/mol. The zero-order valence-electron chi connectivity index (χ0n) is 46.3. The van der Waals surface area contributed by atoms with Crippen molar-refractivity contribution in [3.8, 4) is 22.3 Å². The highest BCUT2D eigenvalue weighted by atomic mass is 32.1. The molecule has 4 heterocycles. The summed E-state index contributed by atoms with van der Waals surface area (Å²) in [5.41, 5.74) is 13.2. The van der Waals surface area contributed by atoms with Crippen molar-refractivity contribution in [2.45, 2.75) is 144 Å². The van der Waals surface area contributed by atoms with Gasteiger partial charge >= 0.3 is 0 Å². The van der Waals surface area contributed by atoms with Crippen LogP contribution >= 0.6 is 11.3 Å². The Morgan fingerprint density at radius 2 is 1.03 bits per heavy atom. The molecule has 2 aromatic carbocycles. The van der Waals surface area contributed by atoms with E-state index >= 15 is 0 Å². The number of nitrogens with one attached hydrogen (secondary N) is 4. The summed E-state index contributed by atoms with van der Waals surface area (Å²) in [6, 6.07) is 20.6. The number of aromatic nitrogens is 3. The average molecular weight is 1040 g/mol. The molecule has 0 spiro atoms. The van der Waals surface area contributed by atoms with Crippen LogP contribution in [-0.4, -0.2) is 97.0 Å². The van der Waals surface area contributed by atoms with Crippen LogP contribution in [0.4, 0.5) is 11.4 Å². The van der Waals surface area contributed by atoms with Crippen LogP contribution < -0.4 is 36.1 Å². The third-order valence-corrected chi connectivity index (χ3v) is 17.1. The van der Waals surface area contributed by atoms with Crippen molar-refractivity contribution < 1.29 is 14.2 Å². The summed E-state index contributed by atoms with van der Waals surface area (Å²) < 4.78 is 2.24. The van der Waals surface area contributed by atoms with Crippen LogP contribution in [-0.2, 0) is 19.6 Å². The lowest BCUT2D eigenvalue weighted by Crippen LogP contribution is -2.47. The minimum Gasteiger partial charge on any atom is -0.369 e. The van der Waals surface area contributed by atoms with Gasteiger partial charge in [0.05, 0.1) is 6.54 Å². The first kappa shape index (κ1) is 54.9. The molecule has 0 saturated heterocycles. The molecule has 2 amide bonds. The van der Waals surface area contributed by atoms with Gasteiger partial charge in [-0.2, -0.15) is 11.3 Å². The largest absolute Gasteiger partial charge is 0.369 e. The summed E-state index contributed by atoms with van der Waals surface area (Å²) >= 11 is 1.64. The molecule has 2 aliphatic rings. The van der Waals surface area contributed by atoms with Gasteiger partial charge in [0.15, 0.2) is 18.9 Å². The van der Waals surface area contributed by atoms with E-state index < -0.39 is 0 Å². The van der Waals surface area contributed by atoms with Crippen molar-refractivity contribution in [1.82, 2.24) is 30.4 Å². The quantitative estimate of drug-likeness (QED) is 0.0625. The number of pyridine rings is 3. The summed E-state index contributed by atoms with van der Waals surface area (Å²) in [6.07, 6.45) is 13.0. The van der Waals surface area contributed by atoms with Crippen LogP contribution in [0.3, 0.4) is 0 Å². The number of carbonyl (C=O) groups excluding carboxylic acids is 2. The zero-order chi connectivity index (χ0) is 53.7. The van der Waals surface area contributed by atoms with Crippen LogP contribution in [0, 0.1) is 41.5 Å². The predicted octanol–water partition coefficient (Wildman–Crippen LogP) is 9.54. The fraction of sp³-hybridized carbons (Fsp3) is 0.459. The minimum absolute atomic E-state index is 0.131. The number of benzene rings is 2. The smallest absolute Gasteiger partial charge is 0.253 e. The van der Waals surface area contributed by atoms with Gasteiger partial charge < -0.3 is 40.2 Å². The molecular formula is C61H80N9O4S+. The summed E-state index contributed by atoms with van der Waals surface area (Å²) in [6.45, 7) is 16.4. The highest BCUT2D eigenvalue weighted by Crippen LogP contribution is 2.38. The van der Waals surface area contributed by atoms with Crippen molar-refractivity contribution in [3.05, 3.63) is 154 Å². The van der Waals surface area contributed by atoms with Gasteiger partial charge in [-0.05, 0) is 226 Å². The molecule has 75 heavy (non-hydrogen) atoms. The maximum atomic E-state index is 14.4. The number of anilines is 2. The number of aromatic amines is 2. The summed E-state index contributed by atoms with van der Waals surface area (Å²) in [7, 11) is 8.70. The molecule has 8 rings (SSSR count). The molecule has 2 fully saturated rings. The van der Waals surface area contributed by atoms with Gasteiger partial charge in [0.1, 0.15) is 0 Å². The average Bonchev–Trinajstić information content (AvgIpc) is 3.93. The van der Waals surface area contributed by atoms with Crippen LogP contribution in [0.1, 0.15) is 124 Å². The van der Waals surface area contributed by atoms with Gasteiger partial charge in [0.25, 0.3) is 22.9 Å². The molecule has 0 atom stereocenters. The van der Waals surface area contributed by atoms with Crippen LogP contribution in [0.15, 0.2) is 87.3 Å². The second-order valence-electron chi connectivity index (χ2n) is 21.8. The molecule has 13 nitrogen and oxygen atoms in total. The lowest BCUT2D eigenvalue weighted by molar-refractivity contribution is -0.694. The summed E-state index contributed by atoms with van der Waals surface area (Å²) in [5, 5.41) is 10.4. The minimum atomic E-state index is -0.207. The second-order valence-corrected chi connectivity index (χ2v) is 22.5. The van der Waals surface area contributed by atoms with E-state index in [1.165, 1.54) is 0 Å². The Morgan fingerprint density at radius 3 is 1.45 bits per heavy atom. The number of nitrogens with zero attached hydrogens (tertiary/aromatic N) is 5. The predicted molar refractivity (Wildman–Crippen MR) is 307 cm³/mol. The maximum absolute atomic E-state index is 14.4. The van der Waals surface area contributed by atoms with E-state index in [0.29, 0.717) is 46.9 Å². The highest BCUT2D eigenvalue weighted by Gasteiger charge is 2.32. The molecule has 398 valence electrons. The topological polar surface area (TPSA) is 141 Å². The van der Waals surface area contributed by atoms with Crippen molar-refractivity contribution in [1.29, 1.82) is 0 Å². The molecule has 0 unspecified atom stereocenters. The Morgan fingerprint density at radius 1 is 0.587 bits per heavy atom. The first-order valence-corrected chi connectivity index (χ1v) is 28.0. The van der Waals surface area contributed by atoms with E-state index in [-0.39, 0.29) is 42.1 Å². The number of aryl methyl sites for hydroxylation is 4. The van der Waals surface area contributed by atoms with E-state index in [4.69, 9.17) is 0 Å². The number of carbonyl (C=O) groups is 2. The van der Waals surface area contributed by atoms with Crippen molar-refractivity contribution >= 4 is 34.5 Å². The van der Waals surface area contributed by atoms with Gasteiger partial charge in [-0.15, -0.1) is 0 Å². The van der Waals surface area contributed by atoms with Gasteiger partial charge in [-0.1, -0.05) is 0 Å². The molecule has 6 aromatic rings. The van der Waals surface area contributed by atoms with Gasteiger partial charge in [0, 0.05) is 101 Å². The van der Waals surface area contributed by atoms with E-state index in [1.807, 2.05) is 52.0 Å². The SMILES string of the molecule is CCN(c1cc(-c2cc[n+](CCN(c3cc(-c4ccsc4)cc(C(=O)NCc4c(C)cc(C)[nH]c4=O)c3C)C3CCC(N(C)C)CC3)cc2)cc(C(=O)NCc2c(C)cc(C)[nH]c2=O)c1C)C1CCC(N(C)C)CC1. The Bertz CT molecular complexity index is 3090. The number of hydrogen-bond donors (Lipinski definition) is 4. The van der Waals surface area contributed by atoms with Crippen LogP contribution in [0.5, 0.6) is 0 Å². The number of hydrogen-bond acceptors (Lipinski definition) is 9. The van der Waals surface area contributed by atoms with Gasteiger partial charge in [-0.25, -0.2) is 4.57 Å². The molecule has 14 heteroatoms. The lowest BCUT2D eigenvalue weighted by atomic mass is 9.88. The van der Waals surface area contributed by atoms with Crippen molar-refractivity contribution in [3.63, 3.8) is 0 Å². The fourth-order valence-electron chi connectivity index (χ4n) is 11.9. The molecule has 2 aliphatic carbocycles. The second kappa shape index (κ2) is 24.1. The molecule has 2 saturated carbocycles. The van der Waals surface area contributed by atoms with E-state index in [9.17, 15) is 19.2 Å². The molecule has 0 radical (unpaired) electrons. The summed E-state index contributed by atoms with van der Waals surface area (Å²) in [4.78, 5) is 70.2. The third-order valence-electron chi connectivity index (χ3n) is 16.4. The monoisotopic (exact) mass is 1030 g/mol. The normalized spacial score (nSPS) is 17.8.